The van der Waals surface area contributed by atoms with Crippen molar-refractivity contribution in [3.05, 3.63) is 29.3 Å². The number of nitrogens with zero attached hydrogens (tertiary/aromatic N) is 2. The number of carbonyl (C=O) groups excluding carboxylic acids is 2. The first-order valence-electron chi connectivity index (χ1n) is 7.20. The molecule has 116 valence electrons. The third-order valence-electron chi connectivity index (χ3n) is 3.91. The molecule has 2 aromatic heterocycles. The van der Waals surface area contributed by atoms with Crippen molar-refractivity contribution in [1.29, 1.82) is 0 Å². The number of hydrogen-bond donors (Lipinski definition) is 1. The van der Waals surface area contributed by atoms with Crippen molar-refractivity contribution in [1.82, 2.24) is 10.1 Å². The van der Waals surface area contributed by atoms with Gasteiger partial charge < -0.3 is 15.2 Å². The van der Waals surface area contributed by atoms with E-state index in [0.29, 0.717) is 37.4 Å². The molecule has 1 fully saturated rings. The van der Waals surface area contributed by atoms with Gasteiger partial charge in [0.25, 0.3) is 0 Å². The number of piperidine rings is 1. The van der Waals surface area contributed by atoms with E-state index in [9.17, 15) is 9.59 Å². The first-order chi connectivity index (χ1) is 10.6. The second-order valence-electron chi connectivity index (χ2n) is 5.39. The maximum absolute atomic E-state index is 12.3. The van der Waals surface area contributed by atoms with Gasteiger partial charge in [0.05, 0.1) is 17.0 Å². The molecule has 3 heterocycles. The van der Waals surface area contributed by atoms with Crippen LogP contribution in [-0.4, -0.2) is 35.0 Å². The number of hydrogen-bond acceptors (Lipinski definition) is 5. The highest BCUT2D eigenvalue weighted by atomic mass is 32.1. The molecule has 0 atom stereocenters. The molecule has 22 heavy (non-hydrogen) atoms. The fraction of sp³-hybridized carbons (Fsp3) is 0.400. The zero-order chi connectivity index (χ0) is 15.5. The largest absolute Gasteiger partial charge is 0.369 e. The van der Waals surface area contributed by atoms with Gasteiger partial charge >= 0.3 is 0 Å². The molecule has 0 unspecified atom stereocenters. The second-order valence-corrected chi connectivity index (χ2v) is 6.34. The lowest BCUT2D eigenvalue weighted by Crippen LogP contribution is -2.42. The molecule has 0 bridgehead atoms. The molecule has 2 N–H and O–H groups in total. The van der Waals surface area contributed by atoms with Gasteiger partial charge in [0.1, 0.15) is 0 Å². The molecule has 7 heteroatoms. The molecule has 2 amide bonds. The minimum atomic E-state index is -0.274. The number of aromatic nitrogens is 1. The van der Waals surface area contributed by atoms with Crippen LogP contribution in [0.15, 0.2) is 28.1 Å². The minimum absolute atomic E-state index is 0.00829. The van der Waals surface area contributed by atoms with Crippen molar-refractivity contribution < 1.29 is 14.1 Å². The van der Waals surface area contributed by atoms with Gasteiger partial charge in [-0.1, -0.05) is 11.2 Å². The zero-order valence-corrected chi connectivity index (χ0v) is 12.8. The number of likely N-dealkylation sites (tertiary alicyclic amines) is 1. The summed E-state index contributed by atoms with van der Waals surface area (Å²) in [6.45, 7) is 1.14. The number of amides is 2. The summed E-state index contributed by atoms with van der Waals surface area (Å²) in [5, 5.41) is 5.92. The average Bonchev–Trinajstić information content (AvgIpc) is 3.18. The lowest BCUT2D eigenvalue weighted by Gasteiger charge is -2.30. The van der Waals surface area contributed by atoms with E-state index in [2.05, 4.69) is 5.16 Å². The Morgan fingerprint density at radius 3 is 2.82 bits per heavy atom. The van der Waals surface area contributed by atoms with Gasteiger partial charge in [-0.3, -0.25) is 9.59 Å². The van der Waals surface area contributed by atoms with Crippen LogP contribution in [0.4, 0.5) is 0 Å². The normalized spacial score (nSPS) is 15.9. The maximum atomic E-state index is 12.3. The van der Waals surface area contributed by atoms with E-state index >= 15 is 0 Å². The van der Waals surface area contributed by atoms with Gasteiger partial charge in [-0.05, 0) is 24.3 Å². The topological polar surface area (TPSA) is 89.4 Å². The van der Waals surface area contributed by atoms with E-state index in [0.717, 1.165) is 4.88 Å². The molecular weight excluding hydrogens is 302 g/mol. The molecular formula is C15H17N3O3S. The SMILES string of the molecule is NC(=O)C1CCN(C(=O)Cc2cc(-c3cccs3)on2)CC1. The average molecular weight is 319 g/mol. The molecule has 0 radical (unpaired) electrons. The second kappa shape index (κ2) is 6.31. The Morgan fingerprint density at radius 1 is 1.41 bits per heavy atom. The Balaban J connectivity index is 1.57. The van der Waals surface area contributed by atoms with Crippen LogP contribution in [-0.2, 0) is 16.0 Å². The van der Waals surface area contributed by atoms with Gasteiger partial charge in [0, 0.05) is 25.1 Å². The van der Waals surface area contributed by atoms with Crippen LogP contribution in [0.5, 0.6) is 0 Å². The summed E-state index contributed by atoms with van der Waals surface area (Å²) in [6, 6.07) is 5.70. The Hall–Kier alpha value is -2.15. The lowest BCUT2D eigenvalue weighted by molar-refractivity contribution is -0.134. The minimum Gasteiger partial charge on any atom is -0.369 e. The van der Waals surface area contributed by atoms with Gasteiger partial charge in [0.15, 0.2) is 5.76 Å². The molecule has 0 saturated carbocycles. The fourth-order valence-electron chi connectivity index (χ4n) is 2.61. The molecule has 1 saturated heterocycles. The van der Waals surface area contributed by atoms with E-state index in [1.54, 1.807) is 22.3 Å². The van der Waals surface area contributed by atoms with Crippen molar-refractivity contribution in [3.8, 4) is 10.6 Å². The van der Waals surface area contributed by atoms with Crippen molar-refractivity contribution in [3.63, 3.8) is 0 Å². The van der Waals surface area contributed by atoms with Crippen LogP contribution >= 0.6 is 11.3 Å². The molecule has 6 nitrogen and oxygen atoms in total. The lowest BCUT2D eigenvalue weighted by atomic mass is 9.96. The summed E-state index contributed by atoms with van der Waals surface area (Å²) < 4.78 is 5.27. The fourth-order valence-corrected chi connectivity index (χ4v) is 3.28. The van der Waals surface area contributed by atoms with E-state index < -0.39 is 0 Å². The van der Waals surface area contributed by atoms with E-state index in [1.807, 2.05) is 17.5 Å². The highest BCUT2D eigenvalue weighted by Crippen LogP contribution is 2.25. The number of nitrogens with two attached hydrogens (primary N) is 1. The summed E-state index contributed by atoms with van der Waals surface area (Å²) in [7, 11) is 0. The van der Waals surface area contributed by atoms with Crippen LogP contribution in [0.25, 0.3) is 10.6 Å². The summed E-state index contributed by atoms with van der Waals surface area (Å²) in [5.74, 6) is 0.310. The van der Waals surface area contributed by atoms with Gasteiger partial charge in [-0.15, -0.1) is 11.3 Å². The smallest absolute Gasteiger partial charge is 0.228 e. The Kier molecular flexibility index (Phi) is 4.24. The molecule has 0 spiro atoms. The summed E-state index contributed by atoms with van der Waals surface area (Å²) in [5.41, 5.74) is 5.93. The van der Waals surface area contributed by atoms with Gasteiger partial charge in [-0.2, -0.15) is 0 Å². The first-order valence-corrected chi connectivity index (χ1v) is 8.08. The third-order valence-corrected chi connectivity index (χ3v) is 4.79. The predicted octanol–water partition coefficient (Wildman–Crippen LogP) is 1.67. The van der Waals surface area contributed by atoms with E-state index in [4.69, 9.17) is 10.3 Å². The highest BCUT2D eigenvalue weighted by Gasteiger charge is 2.26. The first kappa shape index (κ1) is 14.8. The van der Waals surface area contributed by atoms with Crippen molar-refractivity contribution >= 4 is 23.2 Å². The highest BCUT2D eigenvalue weighted by molar-refractivity contribution is 7.13. The molecule has 0 aromatic carbocycles. The third kappa shape index (κ3) is 3.19. The van der Waals surface area contributed by atoms with Crippen LogP contribution in [0, 0.1) is 5.92 Å². The molecule has 3 rings (SSSR count). The van der Waals surface area contributed by atoms with Crippen molar-refractivity contribution in [2.75, 3.05) is 13.1 Å². The van der Waals surface area contributed by atoms with Crippen LogP contribution < -0.4 is 5.73 Å². The van der Waals surface area contributed by atoms with Crippen LogP contribution in [0.1, 0.15) is 18.5 Å². The van der Waals surface area contributed by atoms with E-state index in [1.165, 1.54) is 0 Å². The maximum Gasteiger partial charge on any atom is 0.228 e. The summed E-state index contributed by atoms with van der Waals surface area (Å²) >= 11 is 1.57. The van der Waals surface area contributed by atoms with Crippen molar-refractivity contribution in [2.24, 2.45) is 11.7 Å². The van der Waals surface area contributed by atoms with Gasteiger partial charge in [0.2, 0.25) is 11.8 Å². The molecule has 2 aromatic rings. The zero-order valence-electron chi connectivity index (χ0n) is 12.0. The van der Waals surface area contributed by atoms with E-state index in [-0.39, 0.29) is 24.2 Å². The van der Waals surface area contributed by atoms with Crippen LogP contribution in [0.2, 0.25) is 0 Å². The Labute approximate surface area is 131 Å². The van der Waals surface area contributed by atoms with Crippen LogP contribution in [0.3, 0.4) is 0 Å². The number of carbonyl (C=O) groups is 2. The number of primary amides is 1. The quantitative estimate of drug-likeness (QED) is 0.928. The number of rotatable bonds is 4. The molecule has 1 aliphatic rings. The van der Waals surface area contributed by atoms with Gasteiger partial charge in [-0.25, -0.2) is 0 Å². The van der Waals surface area contributed by atoms with Crippen molar-refractivity contribution in [2.45, 2.75) is 19.3 Å². The molecule has 1 aliphatic heterocycles. The number of thiophene rings is 1. The molecule has 0 aliphatic carbocycles. The predicted molar refractivity (Wildman–Crippen MR) is 82.0 cm³/mol. The standard InChI is InChI=1S/C15H17N3O3S/c16-15(20)10-3-5-18(6-4-10)14(19)9-11-8-12(21-17-11)13-2-1-7-22-13/h1-2,7-8,10H,3-6,9H2,(H2,16,20). The Bertz CT molecular complexity index is 657. The monoisotopic (exact) mass is 319 g/mol. The summed E-state index contributed by atoms with van der Waals surface area (Å²) in [6.07, 6.45) is 1.50. The Morgan fingerprint density at radius 2 is 2.18 bits per heavy atom. The summed E-state index contributed by atoms with van der Waals surface area (Å²) in [4.78, 5) is 26.2.